The van der Waals surface area contributed by atoms with Gasteiger partial charge in [-0.3, -0.25) is 4.99 Å². The molecule has 35 heavy (non-hydrogen) atoms. The summed E-state index contributed by atoms with van der Waals surface area (Å²) in [6, 6.07) is 17.6. The summed E-state index contributed by atoms with van der Waals surface area (Å²) in [6.07, 6.45) is 0.799. The van der Waals surface area contributed by atoms with Crippen molar-refractivity contribution in [3.05, 3.63) is 70.7 Å². The van der Waals surface area contributed by atoms with Crippen LogP contribution < -0.4 is 4.72 Å². The van der Waals surface area contributed by atoms with Crippen molar-refractivity contribution in [3.63, 3.8) is 0 Å². The number of nitrogens with one attached hydrogen (secondary N) is 1. The number of benzene rings is 2. The van der Waals surface area contributed by atoms with Crippen LogP contribution in [0.4, 0.5) is 0 Å². The Balaban J connectivity index is 1.98. The zero-order chi connectivity index (χ0) is 25.4. The highest BCUT2D eigenvalue weighted by Gasteiger charge is 2.33. The maximum atomic E-state index is 13.1. The van der Waals surface area contributed by atoms with Gasteiger partial charge in [0.25, 0.3) is 0 Å². The fourth-order valence-electron chi connectivity index (χ4n) is 3.94. The Morgan fingerprint density at radius 2 is 1.77 bits per heavy atom. The van der Waals surface area contributed by atoms with E-state index in [9.17, 15) is 8.42 Å². The van der Waals surface area contributed by atoms with E-state index in [4.69, 9.17) is 16.7 Å². The van der Waals surface area contributed by atoms with E-state index in [2.05, 4.69) is 26.7 Å². The van der Waals surface area contributed by atoms with Crippen LogP contribution in [-0.2, 0) is 10.2 Å². The average Bonchev–Trinajstić information content (AvgIpc) is 3.28. The molecule has 190 valence electrons. The van der Waals surface area contributed by atoms with E-state index < -0.39 is 10.2 Å². The van der Waals surface area contributed by atoms with Crippen molar-refractivity contribution in [2.75, 3.05) is 46.8 Å². The Morgan fingerprint density at radius 3 is 2.37 bits per heavy atom. The second-order valence-corrected chi connectivity index (χ2v) is 10.7. The maximum Gasteiger partial charge on any atom is 0.303 e. The molecule has 0 radical (unpaired) electrons. The first kappa shape index (κ1) is 27.1. The van der Waals surface area contributed by atoms with Crippen LogP contribution >= 0.6 is 11.6 Å². The fourth-order valence-corrected chi connectivity index (χ4v) is 5.28. The SMILES string of the molecule is CCN(CC)S(=O)(=O)NC(=NCCCN(C)C)N1CC(c2ccccc2)C(c2ccc(Cl)cc2)=N1. The van der Waals surface area contributed by atoms with E-state index in [1.54, 1.807) is 5.01 Å². The van der Waals surface area contributed by atoms with Gasteiger partial charge in [-0.25, -0.2) is 9.73 Å². The minimum atomic E-state index is -3.77. The van der Waals surface area contributed by atoms with Crippen molar-refractivity contribution in [1.82, 2.24) is 18.9 Å². The molecule has 0 spiro atoms. The molecule has 10 heteroatoms. The normalized spacial score (nSPS) is 16.8. The monoisotopic (exact) mass is 518 g/mol. The molecule has 0 aromatic heterocycles. The molecule has 2 aromatic rings. The Labute approximate surface area is 214 Å². The van der Waals surface area contributed by atoms with Gasteiger partial charge in [0, 0.05) is 30.6 Å². The molecule has 1 aliphatic rings. The summed E-state index contributed by atoms with van der Waals surface area (Å²) in [7, 11) is 0.234. The quantitative estimate of drug-likeness (QED) is 0.296. The molecule has 1 N–H and O–H groups in total. The number of halogens is 1. The van der Waals surface area contributed by atoms with E-state index >= 15 is 0 Å². The Hall–Kier alpha value is -2.46. The third kappa shape index (κ3) is 7.27. The molecule has 0 saturated carbocycles. The number of rotatable bonds is 10. The van der Waals surface area contributed by atoms with Crippen molar-refractivity contribution >= 4 is 33.5 Å². The number of hydrogen-bond donors (Lipinski definition) is 1. The summed E-state index contributed by atoms with van der Waals surface area (Å²) in [5.74, 6) is 0.183. The molecule has 1 unspecified atom stereocenters. The van der Waals surface area contributed by atoms with E-state index in [0.717, 1.165) is 29.8 Å². The minimum absolute atomic E-state index is 0.0534. The van der Waals surface area contributed by atoms with Gasteiger partial charge in [-0.15, -0.1) is 0 Å². The third-order valence-corrected chi connectivity index (χ3v) is 7.68. The van der Waals surface area contributed by atoms with Crippen LogP contribution in [0.25, 0.3) is 0 Å². The molecule has 2 aromatic carbocycles. The zero-order valence-corrected chi connectivity index (χ0v) is 22.4. The van der Waals surface area contributed by atoms with E-state index in [-0.39, 0.29) is 11.9 Å². The number of hydrazone groups is 1. The first-order chi connectivity index (χ1) is 16.7. The van der Waals surface area contributed by atoms with Crippen LogP contribution in [0.2, 0.25) is 5.02 Å². The molecular formula is C25H35ClN6O2S. The van der Waals surface area contributed by atoms with Crippen LogP contribution in [0.3, 0.4) is 0 Å². The van der Waals surface area contributed by atoms with Crippen molar-refractivity contribution in [2.45, 2.75) is 26.2 Å². The van der Waals surface area contributed by atoms with Crippen molar-refractivity contribution in [2.24, 2.45) is 10.1 Å². The summed E-state index contributed by atoms with van der Waals surface area (Å²) in [5.41, 5.74) is 2.88. The van der Waals surface area contributed by atoms with Crippen LogP contribution in [0.15, 0.2) is 64.7 Å². The lowest BCUT2D eigenvalue weighted by Crippen LogP contribution is -2.48. The van der Waals surface area contributed by atoms with Crippen molar-refractivity contribution in [3.8, 4) is 0 Å². The minimum Gasteiger partial charge on any atom is -0.309 e. The predicted octanol–water partition coefficient (Wildman–Crippen LogP) is 3.63. The maximum absolute atomic E-state index is 13.1. The van der Waals surface area contributed by atoms with Gasteiger partial charge in [0.1, 0.15) is 0 Å². The molecule has 0 saturated heterocycles. The number of hydrogen-bond acceptors (Lipinski definition) is 5. The molecule has 1 atom stereocenters. The smallest absolute Gasteiger partial charge is 0.303 e. The number of guanidine groups is 1. The molecule has 0 aliphatic carbocycles. The second-order valence-electron chi connectivity index (χ2n) is 8.59. The van der Waals surface area contributed by atoms with E-state index in [1.165, 1.54) is 4.31 Å². The van der Waals surface area contributed by atoms with Gasteiger partial charge in [0.15, 0.2) is 0 Å². The molecular weight excluding hydrogens is 484 g/mol. The number of aliphatic imine (C=N–C) groups is 1. The summed E-state index contributed by atoms with van der Waals surface area (Å²) in [4.78, 5) is 6.73. The van der Waals surface area contributed by atoms with Gasteiger partial charge in [0.05, 0.1) is 12.3 Å². The Kier molecular flexibility index (Phi) is 9.68. The van der Waals surface area contributed by atoms with Gasteiger partial charge in [-0.2, -0.15) is 17.8 Å². The molecule has 0 amide bonds. The lowest BCUT2D eigenvalue weighted by Gasteiger charge is -2.24. The molecule has 1 aliphatic heterocycles. The van der Waals surface area contributed by atoms with Crippen LogP contribution in [-0.4, -0.2) is 81.1 Å². The van der Waals surface area contributed by atoms with E-state index in [0.29, 0.717) is 31.2 Å². The molecule has 8 nitrogen and oxygen atoms in total. The molecule has 0 fully saturated rings. The van der Waals surface area contributed by atoms with Gasteiger partial charge >= 0.3 is 10.2 Å². The second kappa shape index (κ2) is 12.5. The largest absolute Gasteiger partial charge is 0.309 e. The van der Waals surface area contributed by atoms with Crippen molar-refractivity contribution in [1.29, 1.82) is 0 Å². The predicted molar refractivity (Wildman–Crippen MR) is 144 cm³/mol. The van der Waals surface area contributed by atoms with Gasteiger partial charge in [0.2, 0.25) is 5.96 Å². The highest BCUT2D eigenvalue weighted by molar-refractivity contribution is 7.87. The summed E-state index contributed by atoms with van der Waals surface area (Å²) in [5, 5.41) is 7.20. The first-order valence-electron chi connectivity index (χ1n) is 11.9. The third-order valence-electron chi connectivity index (χ3n) is 5.79. The zero-order valence-electron chi connectivity index (χ0n) is 20.9. The van der Waals surface area contributed by atoms with Gasteiger partial charge in [-0.05, 0) is 50.3 Å². The highest BCUT2D eigenvalue weighted by Crippen LogP contribution is 2.29. The lowest BCUT2D eigenvalue weighted by molar-refractivity contribution is 0.401. The summed E-state index contributed by atoms with van der Waals surface area (Å²) in [6.45, 7) is 6.16. The topological polar surface area (TPSA) is 80.6 Å². The summed E-state index contributed by atoms with van der Waals surface area (Å²) < 4.78 is 30.2. The van der Waals surface area contributed by atoms with Gasteiger partial charge < -0.3 is 4.90 Å². The molecule has 3 rings (SSSR count). The van der Waals surface area contributed by atoms with Crippen molar-refractivity contribution < 1.29 is 8.42 Å². The standard InChI is InChI=1S/C25H35ClN6O2S/c1-5-31(6-2)35(33,34)29-25(27-17-10-18-30(3)4)32-19-23(20-11-8-7-9-12-20)24(28-32)21-13-15-22(26)16-14-21/h7-9,11-16,23H,5-6,10,17-19H2,1-4H3,(H,27,29). The average molecular weight is 519 g/mol. The molecule has 1 heterocycles. The van der Waals surface area contributed by atoms with Crippen LogP contribution in [0.1, 0.15) is 37.3 Å². The summed E-state index contributed by atoms with van der Waals surface area (Å²) >= 11 is 6.12. The highest BCUT2D eigenvalue weighted by atomic mass is 35.5. The Morgan fingerprint density at radius 1 is 1.11 bits per heavy atom. The first-order valence-corrected chi connectivity index (χ1v) is 13.7. The number of nitrogens with zero attached hydrogens (tertiary/aromatic N) is 5. The lowest BCUT2D eigenvalue weighted by atomic mass is 9.91. The van der Waals surface area contributed by atoms with Crippen LogP contribution in [0.5, 0.6) is 0 Å². The molecule has 0 bridgehead atoms. The Bertz CT molecular complexity index is 1120. The van der Waals surface area contributed by atoms with Gasteiger partial charge in [-0.1, -0.05) is 67.9 Å². The van der Waals surface area contributed by atoms with Crippen LogP contribution in [0, 0.1) is 0 Å². The fraction of sp³-hybridized carbons (Fsp3) is 0.440. The van der Waals surface area contributed by atoms with E-state index in [1.807, 2.05) is 70.4 Å².